The third-order valence-corrected chi connectivity index (χ3v) is 2.70. The van der Waals surface area contributed by atoms with Crippen LogP contribution in [0.15, 0.2) is 6.20 Å². The minimum atomic E-state index is 0.295. The van der Waals surface area contributed by atoms with E-state index < -0.39 is 0 Å². The molecule has 0 unspecified atom stereocenters. The van der Waals surface area contributed by atoms with Crippen molar-refractivity contribution in [3.63, 3.8) is 0 Å². The highest BCUT2D eigenvalue weighted by molar-refractivity contribution is 7.12. The number of nitrogens with zero attached hydrogens (tertiary/aromatic N) is 3. The lowest BCUT2D eigenvalue weighted by Gasteiger charge is -2.02. The van der Waals surface area contributed by atoms with Crippen molar-refractivity contribution in [3.8, 4) is 0 Å². The van der Waals surface area contributed by atoms with Crippen molar-refractivity contribution in [2.75, 3.05) is 0 Å². The minimum Gasteiger partial charge on any atom is -0.220 e. The Labute approximate surface area is 85.0 Å². The van der Waals surface area contributed by atoms with Crippen molar-refractivity contribution in [2.24, 2.45) is 0 Å². The monoisotopic (exact) mass is 213 g/mol. The van der Waals surface area contributed by atoms with E-state index in [0.717, 1.165) is 16.0 Å². The van der Waals surface area contributed by atoms with E-state index >= 15 is 0 Å². The van der Waals surface area contributed by atoms with Crippen LogP contribution in [0.2, 0.25) is 5.15 Å². The topological polar surface area (TPSA) is 38.7 Å². The molecule has 0 aliphatic heterocycles. The van der Waals surface area contributed by atoms with Crippen molar-refractivity contribution in [2.45, 2.75) is 19.8 Å². The number of fused-ring (bicyclic) bond motifs is 1. The molecule has 5 heteroatoms. The summed E-state index contributed by atoms with van der Waals surface area (Å²) in [6.07, 6.45) is 1.70. The summed E-state index contributed by atoms with van der Waals surface area (Å²) in [5.41, 5.74) is 0. The van der Waals surface area contributed by atoms with E-state index in [-0.39, 0.29) is 0 Å². The molecule has 0 spiro atoms. The molecular weight excluding hydrogens is 206 g/mol. The predicted molar refractivity (Wildman–Crippen MR) is 54.3 cm³/mol. The number of hydrogen-bond donors (Lipinski definition) is 0. The van der Waals surface area contributed by atoms with Gasteiger partial charge in [-0.3, -0.25) is 0 Å². The van der Waals surface area contributed by atoms with Gasteiger partial charge < -0.3 is 0 Å². The van der Waals surface area contributed by atoms with Gasteiger partial charge in [-0.05, 0) is 11.5 Å². The fourth-order valence-corrected chi connectivity index (χ4v) is 1.92. The van der Waals surface area contributed by atoms with Crippen LogP contribution in [0, 0.1) is 0 Å². The first kappa shape index (κ1) is 8.84. The summed E-state index contributed by atoms with van der Waals surface area (Å²) >= 11 is 7.31. The normalized spacial score (nSPS) is 11.4. The van der Waals surface area contributed by atoms with Crippen LogP contribution in [0.5, 0.6) is 0 Å². The molecule has 0 aliphatic rings. The molecule has 0 fully saturated rings. The summed E-state index contributed by atoms with van der Waals surface area (Å²) in [6, 6.07) is 0. The maximum Gasteiger partial charge on any atom is 0.148 e. The third kappa shape index (κ3) is 1.51. The van der Waals surface area contributed by atoms with E-state index in [0.29, 0.717) is 11.1 Å². The van der Waals surface area contributed by atoms with Crippen LogP contribution in [0.4, 0.5) is 0 Å². The van der Waals surface area contributed by atoms with Crippen molar-refractivity contribution in [1.29, 1.82) is 0 Å². The Kier molecular flexibility index (Phi) is 2.17. The Morgan fingerprint density at radius 1 is 1.38 bits per heavy atom. The summed E-state index contributed by atoms with van der Waals surface area (Å²) < 4.78 is 4.02. The van der Waals surface area contributed by atoms with Gasteiger partial charge in [0.25, 0.3) is 0 Å². The van der Waals surface area contributed by atoms with Gasteiger partial charge in [0.2, 0.25) is 0 Å². The SMILES string of the molecule is CC(C)c1nc(Cl)c2cnsc2n1. The van der Waals surface area contributed by atoms with E-state index in [1.165, 1.54) is 11.5 Å². The van der Waals surface area contributed by atoms with Gasteiger partial charge in [-0.25, -0.2) is 9.97 Å². The molecule has 0 atom stereocenters. The summed E-state index contributed by atoms with van der Waals surface area (Å²) in [6.45, 7) is 4.08. The lowest BCUT2D eigenvalue weighted by molar-refractivity contribution is 0.784. The van der Waals surface area contributed by atoms with Gasteiger partial charge in [-0.2, -0.15) is 4.37 Å². The van der Waals surface area contributed by atoms with E-state index in [1.807, 2.05) is 13.8 Å². The van der Waals surface area contributed by atoms with Crippen molar-refractivity contribution < 1.29 is 0 Å². The molecule has 3 nitrogen and oxygen atoms in total. The van der Waals surface area contributed by atoms with Gasteiger partial charge in [-0.1, -0.05) is 25.4 Å². The zero-order chi connectivity index (χ0) is 9.42. The highest BCUT2D eigenvalue weighted by Gasteiger charge is 2.09. The average Bonchev–Trinajstić information content (AvgIpc) is 2.51. The van der Waals surface area contributed by atoms with Crippen LogP contribution in [0.25, 0.3) is 10.2 Å². The highest BCUT2D eigenvalue weighted by Crippen LogP contribution is 2.24. The molecule has 2 aromatic heterocycles. The maximum absolute atomic E-state index is 5.96. The molecule has 0 radical (unpaired) electrons. The molecule has 0 saturated carbocycles. The molecular formula is C8H8ClN3S. The maximum atomic E-state index is 5.96. The first-order valence-corrected chi connectivity index (χ1v) is 5.11. The molecule has 2 heterocycles. The van der Waals surface area contributed by atoms with Crippen LogP contribution >= 0.6 is 23.1 Å². The Bertz CT molecular complexity index is 438. The lowest BCUT2D eigenvalue weighted by atomic mass is 10.2. The summed E-state index contributed by atoms with van der Waals surface area (Å²) in [5, 5.41) is 1.35. The van der Waals surface area contributed by atoms with Gasteiger partial charge in [0, 0.05) is 5.92 Å². The Balaban J connectivity index is 2.70. The molecule has 0 aliphatic carbocycles. The smallest absolute Gasteiger partial charge is 0.148 e. The molecule has 68 valence electrons. The predicted octanol–water partition coefficient (Wildman–Crippen LogP) is 2.86. The first-order chi connectivity index (χ1) is 6.18. The average molecular weight is 214 g/mol. The quantitative estimate of drug-likeness (QED) is 0.684. The number of aromatic nitrogens is 3. The molecule has 0 saturated heterocycles. The molecule has 0 amide bonds. The molecule has 2 rings (SSSR count). The van der Waals surface area contributed by atoms with Crippen LogP contribution < -0.4 is 0 Å². The Morgan fingerprint density at radius 3 is 2.85 bits per heavy atom. The summed E-state index contributed by atoms with van der Waals surface area (Å²) in [4.78, 5) is 9.41. The second kappa shape index (κ2) is 3.20. The Hall–Kier alpha value is -0.740. The lowest BCUT2D eigenvalue weighted by Crippen LogP contribution is -1.96. The summed E-state index contributed by atoms with van der Waals surface area (Å²) in [7, 11) is 0. The van der Waals surface area contributed by atoms with Crippen LogP contribution in [0.1, 0.15) is 25.6 Å². The van der Waals surface area contributed by atoms with Crippen molar-refractivity contribution in [1.82, 2.24) is 14.3 Å². The number of halogens is 1. The Morgan fingerprint density at radius 2 is 2.15 bits per heavy atom. The zero-order valence-corrected chi connectivity index (χ0v) is 8.85. The van der Waals surface area contributed by atoms with Gasteiger partial charge >= 0.3 is 0 Å². The fourth-order valence-electron chi connectivity index (χ4n) is 1.00. The van der Waals surface area contributed by atoms with E-state index in [9.17, 15) is 0 Å². The van der Waals surface area contributed by atoms with E-state index in [4.69, 9.17) is 11.6 Å². The fraction of sp³-hybridized carbons (Fsp3) is 0.375. The van der Waals surface area contributed by atoms with Gasteiger partial charge in [0.15, 0.2) is 0 Å². The van der Waals surface area contributed by atoms with Crippen molar-refractivity contribution >= 4 is 33.4 Å². The van der Waals surface area contributed by atoms with E-state index in [2.05, 4.69) is 14.3 Å². The largest absolute Gasteiger partial charge is 0.220 e. The molecule has 0 N–H and O–H groups in total. The minimum absolute atomic E-state index is 0.295. The summed E-state index contributed by atoms with van der Waals surface area (Å²) in [5.74, 6) is 1.07. The molecule has 0 bridgehead atoms. The van der Waals surface area contributed by atoms with Crippen LogP contribution in [-0.4, -0.2) is 14.3 Å². The standard InChI is InChI=1S/C8H8ClN3S/c1-4(2)7-11-6(9)5-3-10-13-8(5)12-7/h3-4H,1-2H3. The number of rotatable bonds is 1. The molecule has 0 aromatic carbocycles. The van der Waals surface area contributed by atoms with Gasteiger partial charge in [-0.15, -0.1) is 0 Å². The zero-order valence-electron chi connectivity index (χ0n) is 7.28. The second-order valence-corrected chi connectivity index (χ2v) is 4.21. The second-order valence-electron chi connectivity index (χ2n) is 3.07. The first-order valence-electron chi connectivity index (χ1n) is 3.96. The van der Waals surface area contributed by atoms with E-state index in [1.54, 1.807) is 6.20 Å². The van der Waals surface area contributed by atoms with Crippen LogP contribution in [0.3, 0.4) is 0 Å². The number of hydrogen-bond acceptors (Lipinski definition) is 4. The van der Waals surface area contributed by atoms with Gasteiger partial charge in [0.05, 0.1) is 11.6 Å². The highest BCUT2D eigenvalue weighted by atomic mass is 35.5. The third-order valence-electron chi connectivity index (χ3n) is 1.72. The van der Waals surface area contributed by atoms with Gasteiger partial charge in [0.1, 0.15) is 15.8 Å². The van der Waals surface area contributed by atoms with Crippen LogP contribution in [-0.2, 0) is 0 Å². The van der Waals surface area contributed by atoms with Crippen molar-refractivity contribution in [3.05, 3.63) is 17.2 Å². The molecule has 13 heavy (non-hydrogen) atoms. The molecule has 2 aromatic rings.